The van der Waals surface area contributed by atoms with Gasteiger partial charge in [-0.25, -0.2) is 4.90 Å². The van der Waals surface area contributed by atoms with E-state index in [2.05, 4.69) is 0 Å². The molecule has 4 heteroatoms. The van der Waals surface area contributed by atoms with Crippen LogP contribution >= 0.6 is 11.8 Å². The maximum atomic E-state index is 13.5. The standard InChI is InChI=1S/C25H21NO2S/c1-16-10-13-19(14-11-16)22-23(29-20-7-5-4-6-8-20)25(28)26(24(22)27)21-15-17(2)9-12-18(21)3/h4-15H,1-3H3. The first-order valence-corrected chi connectivity index (χ1v) is 10.3. The Balaban J connectivity index is 1.85. The van der Waals surface area contributed by atoms with E-state index >= 15 is 0 Å². The van der Waals surface area contributed by atoms with Gasteiger partial charge in [-0.2, -0.15) is 0 Å². The molecule has 0 atom stereocenters. The van der Waals surface area contributed by atoms with Crippen molar-refractivity contribution in [2.45, 2.75) is 25.7 Å². The third-order valence-corrected chi connectivity index (χ3v) is 6.04. The number of benzene rings is 3. The molecule has 0 spiro atoms. The zero-order chi connectivity index (χ0) is 20.5. The van der Waals surface area contributed by atoms with Crippen molar-refractivity contribution >= 4 is 34.8 Å². The largest absolute Gasteiger partial charge is 0.272 e. The van der Waals surface area contributed by atoms with Crippen molar-refractivity contribution in [3.63, 3.8) is 0 Å². The van der Waals surface area contributed by atoms with Crippen LogP contribution in [0.15, 0.2) is 82.6 Å². The molecule has 3 aromatic carbocycles. The van der Waals surface area contributed by atoms with Crippen LogP contribution in [0, 0.1) is 20.8 Å². The first-order chi connectivity index (χ1) is 14.0. The minimum atomic E-state index is -0.272. The lowest BCUT2D eigenvalue weighted by Crippen LogP contribution is -2.32. The van der Waals surface area contributed by atoms with Gasteiger partial charge in [0.1, 0.15) is 0 Å². The maximum absolute atomic E-state index is 13.5. The highest BCUT2D eigenvalue weighted by atomic mass is 32.2. The molecule has 29 heavy (non-hydrogen) atoms. The molecule has 4 rings (SSSR count). The van der Waals surface area contributed by atoms with Gasteiger partial charge < -0.3 is 0 Å². The van der Waals surface area contributed by atoms with Crippen molar-refractivity contribution in [3.8, 4) is 0 Å². The molecule has 144 valence electrons. The second-order valence-corrected chi connectivity index (χ2v) is 8.30. The van der Waals surface area contributed by atoms with Gasteiger partial charge in [0, 0.05) is 4.90 Å². The van der Waals surface area contributed by atoms with E-state index in [1.54, 1.807) is 0 Å². The van der Waals surface area contributed by atoms with Crippen LogP contribution in [0.5, 0.6) is 0 Å². The van der Waals surface area contributed by atoms with Gasteiger partial charge in [0.2, 0.25) is 0 Å². The highest BCUT2D eigenvalue weighted by Gasteiger charge is 2.41. The number of carbonyl (C=O) groups is 2. The zero-order valence-corrected chi connectivity index (χ0v) is 17.4. The molecule has 0 fully saturated rings. The van der Waals surface area contributed by atoms with Gasteiger partial charge in [-0.05, 0) is 55.7 Å². The number of anilines is 1. The molecule has 0 bridgehead atoms. The Morgan fingerprint density at radius 1 is 0.724 bits per heavy atom. The Morgan fingerprint density at radius 2 is 1.38 bits per heavy atom. The van der Waals surface area contributed by atoms with E-state index in [-0.39, 0.29) is 11.8 Å². The molecule has 0 saturated carbocycles. The van der Waals surface area contributed by atoms with Crippen molar-refractivity contribution in [2.75, 3.05) is 4.90 Å². The van der Waals surface area contributed by atoms with E-state index in [9.17, 15) is 9.59 Å². The van der Waals surface area contributed by atoms with E-state index in [1.165, 1.54) is 16.7 Å². The molecule has 0 N–H and O–H groups in total. The first-order valence-electron chi connectivity index (χ1n) is 9.46. The van der Waals surface area contributed by atoms with Gasteiger partial charge in [-0.3, -0.25) is 9.59 Å². The van der Waals surface area contributed by atoms with Gasteiger partial charge >= 0.3 is 0 Å². The molecule has 1 aliphatic rings. The van der Waals surface area contributed by atoms with Gasteiger partial charge in [0.25, 0.3) is 11.8 Å². The summed E-state index contributed by atoms with van der Waals surface area (Å²) in [4.78, 5) is 29.7. The lowest BCUT2D eigenvalue weighted by atomic mass is 10.0. The van der Waals surface area contributed by atoms with Gasteiger partial charge in [0.05, 0.1) is 16.2 Å². The third-order valence-electron chi connectivity index (χ3n) is 4.95. The molecule has 1 heterocycles. The number of thioether (sulfide) groups is 1. The van der Waals surface area contributed by atoms with Crippen LogP contribution < -0.4 is 4.90 Å². The van der Waals surface area contributed by atoms with E-state index < -0.39 is 0 Å². The van der Waals surface area contributed by atoms with Crippen LogP contribution in [0.2, 0.25) is 0 Å². The van der Waals surface area contributed by atoms with Crippen molar-refractivity contribution in [1.82, 2.24) is 0 Å². The number of aryl methyl sites for hydroxylation is 3. The highest BCUT2D eigenvalue weighted by Crippen LogP contribution is 2.42. The summed E-state index contributed by atoms with van der Waals surface area (Å²) in [7, 11) is 0. The maximum Gasteiger partial charge on any atom is 0.272 e. The van der Waals surface area contributed by atoms with Crippen LogP contribution in [0.3, 0.4) is 0 Å². The van der Waals surface area contributed by atoms with Crippen molar-refractivity contribution in [1.29, 1.82) is 0 Å². The minimum absolute atomic E-state index is 0.270. The zero-order valence-electron chi connectivity index (χ0n) is 16.6. The molecule has 0 aromatic heterocycles. The Morgan fingerprint density at radius 3 is 2.07 bits per heavy atom. The summed E-state index contributed by atoms with van der Waals surface area (Å²) in [5.41, 5.74) is 4.88. The number of nitrogens with zero attached hydrogens (tertiary/aromatic N) is 1. The summed E-state index contributed by atoms with van der Waals surface area (Å²) in [5.74, 6) is -0.542. The molecule has 0 radical (unpaired) electrons. The number of hydrogen-bond acceptors (Lipinski definition) is 3. The van der Waals surface area contributed by atoms with Crippen molar-refractivity contribution < 1.29 is 9.59 Å². The Hall–Kier alpha value is -3.11. The molecule has 3 aromatic rings. The van der Waals surface area contributed by atoms with E-state index in [1.807, 2.05) is 93.6 Å². The second kappa shape index (κ2) is 7.72. The van der Waals surface area contributed by atoms with Gasteiger partial charge in [0.15, 0.2) is 0 Å². The highest BCUT2D eigenvalue weighted by molar-refractivity contribution is 8.04. The summed E-state index contributed by atoms with van der Waals surface area (Å²) in [6.45, 7) is 5.88. The molecular weight excluding hydrogens is 378 g/mol. The predicted octanol–water partition coefficient (Wildman–Crippen LogP) is 5.69. The third kappa shape index (κ3) is 3.64. The summed E-state index contributed by atoms with van der Waals surface area (Å²) in [6, 6.07) is 23.3. The lowest BCUT2D eigenvalue weighted by Gasteiger charge is -2.18. The average Bonchev–Trinajstić information content (AvgIpc) is 2.95. The lowest BCUT2D eigenvalue weighted by molar-refractivity contribution is -0.119. The second-order valence-electron chi connectivity index (χ2n) is 7.22. The van der Waals surface area contributed by atoms with Gasteiger partial charge in [-0.1, -0.05) is 71.9 Å². The molecule has 3 nitrogen and oxygen atoms in total. The Bertz CT molecular complexity index is 1130. The predicted molar refractivity (Wildman–Crippen MR) is 119 cm³/mol. The van der Waals surface area contributed by atoms with Crippen LogP contribution in [-0.2, 0) is 9.59 Å². The number of rotatable bonds is 4. The van der Waals surface area contributed by atoms with Crippen LogP contribution in [0.25, 0.3) is 5.57 Å². The smallest absolute Gasteiger partial charge is 0.268 e. The summed E-state index contributed by atoms with van der Waals surface area (Å²) >= 11 is 1.35. The van der Waals surface area contributed by atoms with E-state index in [0.29, 0.717) is 16.2 Å². The van der Waals surface area contributed by atoms with Crippen molar-refractivity contribution in [2.24, 2.45) is 0 Å². The fraction of sp³-hybridized carbons (Fsp3) is 0.120. The number of hydrogen-bond donors (Lipinski definition) is 0. The molecule has 0 unspecified atom stereocenters. The summed E-state index contributed by atoms with van der Waals surface area (Å²) < 4.78 is 0. The quantitative estimate of drug-likeness (QED) is 0.529. The summed E-state index contributed by atoms with van der Waals surface area (Å²) in [5, 5.41) is 0. The number of imide groups is 1. The average molecular weight is 400 g/mol. The van der Waals surface area contributed by atoms with Gasteiger partial charge in [-0.15, -0.1) is 0 Å². The van der Waals surface area contributed by atoms with Crippen LogP contribution in [0.4, 0.5) is 5.69 Å². The fourth-order valence-electron chi connectivity index (χ4n) is 3.36. The van der Waals surface area contributed by atoms with Crippen LogP contribution in [0.1, 0.15) is 22.3 Å². The van der Waals surface area contributed by atoms with E-state index in [0.717, 1.165) is 27.1 Å². The molecule has 0 aliphatic carbocycles. The summed E-state index contributed by atoms with van der Waals surface area (Å²) in [6.07, 6.45) is 0. The molecular formula is C25H21NO2S. The topological polar surface area (TPSA) is 37.4 Å². The van der Waals surface area contributed by atoms with E-state index in [4.69, 9.17) is 0 Å². The fourth-order valence-corrected chi connectivity index (χ4v) is 4.38. The first kappa shape index (κ1) is 19.2. The molecule has 0 saturated heterocycles. The Kier molecular flexibility index (Phi) is 5.12. The SMILES string of the molecule is Cc1ccc(C2=C(Sc3ccccc3)C(=O)N(c3cc(C)ccc3C)C2=O)cc1. The number of carbonyl (C=O) groups excluding carboxylic acids is 2. The monoisotopic (exact) mass is 399 g/mol. The Labute approximate surface area is 175 Å². The minimum Gasteiger partial charge on any atom is -0.268 e. The molecule has 2 amide bonds. The number of amides is 2. The van der Waals surface area contributed by atoms with Crippen molar-refractivity contribution in [3.05, 3.63) is 100.0 Å². The van der Waals surface area contributed by atoms with Crippen LogP contribution in [-0.4, -0.2) is 11.8 Å². The molecule has 1 aliphatic heterocycles. The normalized spacial score (nSPS) is 14.1.